The molecule has 2 N–H and O–H groups in total. The maximum atomic E-state index is 11.5. The molecule has 1 saturated carbocycles. The lowest BCUT2D eigenvalue weighted by atomic mass is 9.91. The molecule has 7 heteroatoms. The van der Waals surface area contributed by atoms with Crippen LogP contribution in [0.1, 0.15) is 25.7 Å². The number of hydrogen-bond acceptors (Lipinski definition) is 4. The van der Waals surface area contributed by atoms with E-state index < -0.39 is 28.0 Å². The topological polar surface area (TPSA) is 107 Å². The molecule has 6 nitrogen and oxygen atoms in total. The highest BCUT2D eigenvalue weighted by Crippen LogP contribution is 2.38. The molecule has 1 aliphatic carbocycles. The summed E-state index contributed by atoms with van der Waals surface area (Å²) in [6.07, 6.45) is 2.83. The van der Waals surface area contributed by atoms with Crippen molar-refractivity contribution in [3.05, 3.63) is 0 Å². The van der Waals surface area contributed by atoms with Crippen molar-refractivity contribution in [3.63, 3.8) is 0 Å². The van der Waals surface area contributed by atoms with Crippen LogP contribution in [0.2, 0.25) is 0 Å². The van der Waals surface area contributed by atoms with Crippen LogP contribution in [0.15, 0.2) is 0 Å². The van der Waals surface area contributed by atoms with Gasteiger partial charge >= 0.3 is 5.97 Å². The van der Waals surface area contributed by atoms with Crippen molar-refractivity contribution >= 4 is 16.0 Å². The van der Waals surface area contributed by atoms with Gasteiger partial charge in [-0.05, 0) is 12.8 Å². The quantitative estimate of drug-likeness (QED) is 0.714. The van der Waals surface area contributed by atoms with Gasteiger partial charge < -0.3 is 5.11 Å². The van der Waals surface area contributed by atoms with Gasteiger partial charge in [-0.1, -0.05) is 12.8 Å². The van der Waals surface area contributed by atoms with E-state index in [1.165, 1.54) is 0 Å². The molecule has 1 fully saturated rings. The van der Waals surface area contributed by atoms with Gasteiger partial charge in [0.25, 0.3) is 0 Å². The van der Waals surface area contributed by atoms with E-state index in [2.05, 4.69) is 6.07 Å². The zero-order valence-corrected chi connectivity index (χ0v) is 9.59. The maximum Gasteiger partial charge on any atom is 0.318 e. The SMILES string of the molecule is N#CC1(CS(=O)(=O)NCC(=O)O)CCCC1. The smallest absolute Gasteiger partial charge is 0.318 e. The lowest BCUT2D eigenvalue weighted by molar-refractivity contribution is -0.135. The number of rotatable bonds is 5. The van der Waals surface area contributed by atoms with Crippen molar-refractivity contribution in [2.75, 3.05) is 12.3 Å². The summed E-state index contributed by atoms with van der Waals surface area (Å²) in [5.74, 6) is -1.54. The molecule has 1 rings (SSSR count). The van der Waals surface area contributed by atoms with Crippen molar-refractivity contribution in [2.24, 2.45) is 5.41 Å². The highest BCUT2D eigenvalue weighted by molar-refractivity contribution is 7.89. The predicted octanol–water partition coefficient (Wildman–Crippen LogP) is 0.0744. The van der Waals surface area contributed by atoms with Gasteiger partial charge in [-0.15, -0.1) is 0 Å². The number of sulfonamides is 1. The molecule has 0 aromatic rings. The first-order valence-electron chi connectivity index (χ1n) is 5.00. The summed E-state index contributed by atoms with van der Waals surface area (Å²) in [5, 5.41) is 17.4. The number of carbonyl (C=O) groups is 1. The van der Waals surface area contributed by atoms with Gasteiger partial charge in [-0.2, -0.15) is 5.26 Å². The fourth-order valence-corrected chi connectivity index (χ4v) is 3.45. The largest absolute Gasteiger partial charge is 0.480 e. The lowest BCUT2D eigenvalue weighted by Gasteiger charge is -2.19. The van der Waals surface area contributed by atoms with E-state index in [1.54, 1.807) is 0 Å². The summed E-state index contributed by atoms with van der Waals surface area (Å²) in [6, 6.07) is 2.05. The number of nitriles is 1. The van der Waals surface area contributed by atoms with E-state index in [9.17, 15) is 13.2 Å². The Labute approximate surface area is 94.3 Å². The number of nitrogens with one attached hydrogen (secondary N) is 1. The van der Waals surface area contributed by atoms with Crippen molar-refractivity contribution in [1.82, 2.24) is 4.72 Å². The van der Waals surface area contributed by atoms with Crippen LogP contribution in [-0.4, -0.2) is 31.8 Å². The third kappa shape index (κ3) is 3.47. The van der Waals surface area contributed by atoms with Crippen molar-refractivity contribution in [2.45, 2.75) is 25.7 Å². The highest BCUT2D eigenvalue weighted by Gasteiger charge is 2.38. The summed E-state index contributed by atoms with van der Waals surface area (Å²) < 4.78 is 25.0. The minimum Gasteiger partial charge on any atom is -0.480 e. The van der Waals surface area contributed by atoms with Gasteiger partial charge in [-0.3, -0.25) is 4.79 Å². The zero-order chi connectivity index (χ0) is 12.2. The summed E-state index contributed by atoms with van der Waals surface area (Å²) >= 11 is 0. The minimum atomic E-state index is -3.68. The Kier molecular flexibility index (Phi) is 3.88. The maximum absolute atomic E-state index is 11.5. The Morgan fingerprint density at radius 2 is 2.00 bits per heavy atom. The fraction of sp³-hybridized carbons (Fsp3) is 0.778. The van der Waals surface area contributed by atoms with Crippen LogP contribution in [0.4, 0.5) is 0 Å². The van der Waals surface area contributed by atoms with Crippen LogP contribution in [0, 0.1) is 16.7 Å². The van der Waals surface area contributed by atoms with E-state index in [4.69, 9.17) is 10.4 Å². The van der Waals surface area contributed by atoms with Gasteiger partial charge in [-0.25, -0.2) is 13.1 Å². The van der Waals surface area contributed by atoms with Gasteiger partial charge in [0.1, 0.15) is 6.54 Å². The van der Waals surface area contributed by atoms with Crippen molar-refractivity contribution < 1.29 is 18.3 Å². The first-order chi connectivity index (χ1) is 7.39. The molecule has 0 spiro atoms. The first-order valence-corrected chi connectivity index (χ1v) is 6.65. The Balaban J connectivity index is 2.65. The van der Waals surface area contributed by atoms with E-state index in [0.717, 1.165) is 12.8 Å². The lowest BCUT2D eigenvalue weighted by Crippen LogP contribution is -2.37. The van der Waals surface area contributed by atoms with Crippen LogP contribution in [0.5, 0.6) is 0 Å². The monoisotopic (exact) mass is 246 g/mol. The van der Waals surface area contributed by atoms with Gasteiger partial charge in [0, 0.05) is 0 Å². The standard InChI is InChI=1S/C9H14N2O4S/c10-6-9(3-1-2-4-9)7-16(14,15)11-5-8(12)13/h11H,1-5,7H2,(H,12,13). The molecule has 0 saturated heterocycles. The minimum absolute atomic E-state index is 0.302. The molecule has 1 aliphatic rings. The molecule has 0 aliphatic heterocycles. The number of aliphatic carboxylic acids is 1. The molecular weight excluding hydrogens is 232 g/mol. The number of carboxylic acid groups (broad SMARTS) is 1. The second kappa shape index (κ2) is 4.80. The number of nitrogens with zero attached hydrogens (tertiary/aromatic N) is 1. The van der Waals surface area contributed by atoms with E-state index in [-0.39, 0.29) is 5.75 Å². The number of carboxylic acids is 1. The van der Waals surface area contributed by atoms with E-state index in [0.29, 0.717) is 12.8 Å². The third-order valence-electron chi connectivity index (χ3n) is 2.71. The van der Waals surface area contributed by atoms with Gasteiger partial charge in [0.05, 0.1) is 17.2 Å². The fourth-order valence-electron chi connectivity index (χ4n) is 1.93. The van der Waals surface area contributed by atoms with E-state index in [1.807, 2.05) is 4.72 Å². The highest BCUT2D eigenvalue weighted by atomic mass is 32.2. The van der Waals surface area contributed by atoms with E-state index >= 15 is 0 Å². The molecule has 0 unspecified atom stereocenters. The molecule has 0 amide bonds. The average Bonchev–Trinajstić information content (AvgIpc) is 2.64. The Morgan fingerprint density at radius 1 is 1.44 bits per heavy atom. The van der Waals surface area contributed by atoms with Crippen LogP contribution >= 0.6 is 0 Å². The Hall–Kier alpha value is -1.13. The first kappa shape index (κ1) is 12.9. The Morgan fingerprint density at radius 3 is 2.44 bits per heavy atom. The second-order valence-corrected chi connectivity index (χ2v) is 5.88. The summed E-state index contributed by atoms with van der Waals surface area (Å²) in [5.41, 5.74) is -0.829. The molecule has 16 heavy (non-hydrogen) atoms. The van der Waals surface area contributed by atoms with Gasteiger partial charge in [0.2, 0.25) is 10.0 Å². The average molecular weight is 246 g/mol. The molecule has 0 heterocycles. The van der Waals surface area contributed by atoms with Crippen LogP contribution in [0.3, 0.4) is 0 Å². The third-order valence-corrected chi connectivity index (χ3v) is 4.22. The predicted molar refractivity (Wildman–Crippen MR) is 55.9 cm³/mol. The Bertz CT molecular complexity index is 404. The second-order valence-electron chi connectivity index (χ2n) is 4.07. The summed E-state index contributed by atoms with van der Waals surface area (Å²) in [4.78, 5) is 10.2. The van der Waals surface area contributed by atoms with Crippen molar-refractivity contribution in [1.29, 1.82) is 5.26 Å². The molecule has 0 aromatic heterocycles. The summed E-state index contributed by atoms with van der Waals surface area (Å²) in [6.45, 7) is -0.635. The molecular formula is C9H14N2O4S. The van der Waals surface area contributed by atoms with Crippen LogP contribution in [0.25, 0.3) is 0 Å². The van der Waals surface area contributed by atoms with Gasteiger partial charge in [0.15, 0.2) is 0 Å². The molecule has 0 atom stereocenters. The normalized spacial score (nSPS) is 19.2. The molecule has 0 bridgehead atoms. The number of hydrogen-bond donors (Lipinski definition) is 2. The van der Waals surface area contributed by atoms with Crippen LogP contribution in [-0.2, 0) is 14.8 Å². The summed E-state index contributed by atoms with van der Waals surface area (Å²) in [7, 11) is -3.68. The molecule has 90 valence electrons. The van der Waals surface area contributed by atoms with Crippen LogP contribution < -0.4 is 4.72 Å². The molecule has 0 aromatic carbocycles. The zero-order valence-electron chi connectivity index (χ0n) is 8.77. The van der Waals surface area contributed by atoms with Crippen molar-refractivity contribution in [3.8, 4) is 6.07 Å². The molecule has 0 radical (unpaired) electrons.